The molecule has 0 aliphatic heterocycles. The van der Waals surface area contributed by atoms with Crippen LogP contribution in [0.25, 0.3) is 5.65 Å². The average molecular weight is 480 g/mol. The molecule has 4 aromatic rings. The number of hydrogen-bond acceptors (Lipinski definition) is 4. The molecule has 0 saturated carbocycles. The van der Waals surface area contributed by atoms with E-state index in [9.17, 15) is 14.4 Å². The van der Waals surface area contributed by atoms with Crippen LogP contribution in [0, 0.1) is 0 Å². The highest BCUT2D eigenvalue weighted by Gasteiger charge is 2.13. The van der Waals surface area contributed by atoms with Gasteiger partial charge in [-0.1, -0.05) is 52.3 Å². The number of nitrogens with zero attached hydrogens (tertiary/aromatic N) is 3. The van der Waals surface area contributed by atoms with Crippen LogP contribution < -0.4 is 16.3 Å². The third-order valence-electron chi connectivity index (χ3n) is 4.54. The Labute approximate surface area is 185 Å². The molecular formula is C22H18BrN5O3. The van der Waals surface area contributed by atoms with E-state index >= 15 is 0 Å². The predicted molar refractivity (Wildman–Crippen MR) is 120 cm³/mol. The Morgan fingerprint density at radius 1 is 1.00 bits per heavy atom. The van der Waals surface area contributed by atoms with Crippen LogP contribution in [0.4, 0.5) is 5.69 Å². The molecule has 2 amide bonds. The molecule has 0 atom stereocenters. The number of rotatable bonds is 6. The second-order valence-electron chi connectivity index (χ2n) is 6.81. The Bertz CT molecular complexity index is 1310. The van der Waals surface area contributed by atoms with Crippen LogP contribution in [0.5, 0.6) is 0 Å². The molecule has 0 saturated heterocycles. The first-order chi connectivity index (χ1) is 15.0. The molecule has 156 valence electrons. The lowest BCUT2D eigenvalue weighted by Crippen LogP contribution is -2.28. The van der Waals surface area contributed by atoms with Crippen molar-refractivity contribution in [2.75, 3.05) is 5.32 Å². The molecule has 2 N–H and O–H groups in total. The van der Waals surface area contributed by atoms with Crippen molar-refractivity contribution >= 4 is 39.1 Å². The van der Waals surface area contributed by atoms with E-state index in [4.69, 9.17) is 0 Å². The SMILES string of the molecule is O=C(Cn1nc2ccc(C(=O)NCc3ccccc3)cn2c1=O)Nc1cccc(Br)c1. The highest BCUT2D eigenvalue weighted by atomic mass is 79.9. The largest absolute Gasteiger partial charge is 0.350 e. The average Bonchev–Trinajstić information content (AvgIpc) is 3.07. The number of nitrogens with one attached hydrogen (secondary N) is 2. The molecule has 0 aliphatic carbocycles. The third kappa shape index (κ3) is 4.89. The summed E-state index contributed by atoms with van der Waals surface area (Å²) in [7, 11) is 0. The maximum Gasteiger partial charge on any atom is 0.350 e. The number of amides is 2. The van der Waals surface area contributed by atoms with Gasteiger partial charge < -0.3 is 10.6 Å². The quantitative estimate of drug-likeness (QED) is 0.444. The fourth-order valence-electron chi connectivity index (χ4n) is 3.04. The van der Waals surface area contributed by atoms with Gasteiger partial charge in [0.1, 0.15) is 6.54 Å². The minimum absolute atomic E-state index is 0.247. The standard InChI is InChI=1S/C22H18BrN5O3/c23-17-7-4-8-18(11-17)25-20(29)14-28-22(31)27-13-16(9-10-19(27)26-28)21(30)24-12-15-5-2-1-3-6-15/h1-11,13H,12,14H2,(H,24,30)(H,25,29). The molecule has 0 unspecified atom stereocenters. The summed E-state index contributed by atoms with van der Waals surface area (Å²) >= 11 is 3.34. The number of fused-ring (bicyclic) bond motifs is 1. The van der Waals surface area contributed by atoms with E-state index in [0.29, 0.717) is 23.4 Å². The van der Waals surface area contributed by atoms with E-state index in [0.717, 1.165) is 14.7 Å². The molecule has 8 nitrogen and oxygen atoms in total. The topological polar surface area (TPSA) is 97.5 Å². The molecule has 0 aliphatic rings. The van der Waals surface area contributed by atoms with Crippen LogP contribution in [0.15, 0.2) is 82.2 Å². The molecule has 0 spiro atoms. The van der Waals surface area contributed by atoms with Crippen LogP contribution in [-0.4, -0.2) is 26.0 Å². The number of halogens is 1. The lowest BCUT2D eigenvalue weighted by Gasteiger charge is -2.05. The first kappa shape index (κ1) is 20.5. The van der Waals surface area contributed by atoms with E-state index in [1.807, 2.05) is 36.4 Å². The minimum Gasteiger partial charge on any atom is -0.348 e. The van der Waals surface area contributed by atoms with Gasteiger partial charge in [-0.05, 0) is 35.9 Å². The molecule has 9 heteroatoms. The van der Waals surface area contributed by atoms with Crippen LogP contribution in [0.3, 0.4) is 0 Å². The first-order valence-corrected chi connectivity index (χ1v) is 10.3. The number of hydrogen-bond donors (Lipinski definition) is 2. The van der Waals surface area contributed by atoms with Crippen LogP contribution in [0.2, 0.25) is 0 Å². The van der Waals surface area contributed by atoms with E-state index in [2.05, 4.69) is 31.7 Å². The Balaban J connectivity index is 1.48. The summed E-state index contributed by atoms with van der Waals surface area (Å²) in [5.74, 6) is -0.692. The zero-order chi connectivity index (χ0) is 21.8. The molecule has 0 bridgehead atoms. The van der Waals surface area contributed by atoms with Gasteiger partial charge in [0, 0.05) is 22.9 Å². The number of carbonyl (C=O) groups excluding carboxylic acids is 2. The van der Waals surface area contributed by atoms with Crippen molar-refractivity contribution in [2.45, 2.75) is 13.1 Å². The Morgan fingerprint density at radius 3 is 2.58 bits per heavy atom. The van der Waals surface area contributed by atoms with Crippen molar-refractivity contribution in [1.82, 2.24) is 19.5 Å². The summed E-state index contributed by atoms with van der Waals surface area (Å²) in [4.78, 5) is 37.5. The second kappa shape index (κ2) is 8.97. The van der Waals surface area contributed by atoms with Crippen molar-refractivity contribution in [3.8, 4) is 0 Å². The van der Waals surface area contributed by atoms with Crippen LogP contribution >= 0.6 is 15.9 Å². The van der Waals surface area contributed by atoms with E-state index in [-0.39, 0.29) is 18.4 Å². The fraction of sp³-hybridized carbons (Fsp3) is 0.0909. The summed E-state index contributed by atoms with van der Waals surface area (Å²) in [6, 6.07) is 19.8. The van der Waals surface area contributed by atoms with Crippen molar-refractivity contribution in [1.29, 1.82) is 0 Å². The van der Waals surface area contributed by atoms with Gasteiger partial charge in [0.15, 0.2) is 5.65 Å². The van der Waals surface area contributed by atoms with E-state index in [1.54, 1.807) is 30.3 Å². The Morgan fingerprint density at radius 2 is 1.81 bits per heavy atom. The monoisotopic (exact) mass is 479 g/mol. The molecular weight excluding hydrogens is 462 g/mol. The number of aromatic nitrogens is 3. The summed E-state index contributed by atoms with van der Waals surface area (Å²) in [5, 5.41) is 9.71. The Kier molecular flexibility index (Phi) is 5.94. The molecule has 4 rings (SSSR count). The van der Waals surface area contributed by atoms with Gasteiger partial charge in [-0.25, -0.2) is 13.9 Å². The molecule has 31 heavy (non-hydrogen) atoms. The molecule has 2 heterocycles. The number of pyridine rings is 1. The van der Waals surface area contributed by atoms with Crippen molar-refractivity contribution in [2.24, 2.45) is 0 Å². The highest BCUT2D eigenvalue weighted by molar-refractivity contribution is 9.10. The minimum atomic E-state index is -0.503. The van der Waals surface area contributed by atoms with E-state index < -0.39 is 5.69 Å². The smallest absolute Gasteiger partial charge is 0.348 e. The first-order valence-electron chi connectivity index (χ1n) is 9.46. The van der Waals surface area contributed by atoms with Crippen molar-refractivity contribution in [3.63, 3.8) is 0 Å². The predicted octanol–water partition coefficient (Wildman–Crippen LogP) is 2.83. The summed E-state index contributed by atoms with van der Waals surface area (Å²) < 4.78 is 3.14. The van der Waals surface area contributed by atoms with Gasteiger partial charge in [0.05, 0.1) is 5.56 Å². The lowest BCUT2D eigenvalue weighted by atomic mass is 10.2. The van der Waals surface area contributed by atoms with Crippen molar-refractivity contribution < 1.29 is 9.59 Å². The maximum atomic E-state index is 12.7. The molecule has 0 radical (unpaired) electrons. The van der Waals surface area contributed by atoms with Gasteiger partial charge in [-0.15, -0.1) is 5.10 Å². The fourth-order valence-corrected chi connectivity index (χ4v) is 3.44. The normalized spacial score (nSPS) is 10.7. The van der Waals surface area contributed by atoms with Crippen molar-refractivity contribution in [3.05, 3.63) is 99.0 Å². The lowest BCUT2D eigenvalue weighted by molar-refractivity contribution is -0.117. The number of anilines is 1. The maximum absolute atomic E-state index is 12.7. The zero-order valence-corrected chi connectivity index (χ0v) is 17.9. The van der Waals surface area contributed by atoms with E-state index in [1.165, 1.54) is 10.6 Å². The summed E-state index contributed by atoms with van der Waals surface area (Å²) in [6.45, 7) is 0.129. The Hall–Kier alpha value is -3.72. The van der Waals surface area contributed by atoms with Crippen LogP contribution in [-0.2, 0) is 17.9 Å². The van der Waals surface area contributed by atoms with Gasteiger partial charge in [0.2, 0.25) is 5.91 Å². The van der Waals surface area contributed by atoms with Crippen LogP contribution in [0.1, 0.15) is 15.9 Å². The molecule has 2 aromatic carbocycles. The van der Waals surface area contributed by atoms with Gasteiger partial charge in [-0.3, -0.25) is 9.59 Å². The molecule has 2 aromatic heterocycles. The highest BCUT2D eigenvalue weighted by Crippen LogP contribution is 2.15. The van der Waals surface area contributed by atoms with Gasteiger partial charge in [0.25, 0.3) is 5.91 Å². The number of carbonyl (C=O) groups is 2. The summed E-state index contributed by atoms with van der Waals surface area (Å²) in [5.41, 5.74) is 1.74. The van der Waals surface area contributed by atoms with Gasteiger partial charge in [-0.2, -0.15) is 0 Å². The molecule has 0 fully saturated rings. The second-order valence-corrected chi connectivity index (χ2v) is 7.73. The summed E-state index contributed by atoms with van der Waals surface area (Å²) in [6.07, 6.45) is 1.42. The number of benzene rings is 2. The van der Waals surface area contributed by atoms with Gasteiger partial charge >= 0.3 is 5.69 Å². The third-order valence-corrected chi connectivity index (χ3v) is 5.03. The zero-order valence-electron chi connectivity index (χ0n) is 16.3.